The van der Waals surface area contributed by atoms with Crippen LogP contribution in [0.5, 0.6) is 5.75 Å². The Morgan fingerprint density at radius 1 is 0.733 bits per heavy atom. The smallest absolute Gasteiger partial charge is 0.408 e. The summed E-state index contributed by atoms with van der Waals surface area (Å²) in [5.74, 6) is -0.909. The van der Waals surface area contributed by atoms with Gasteiger partial charge < -0.3 is 25.8 Å². The fraction of sp³-hybridized carbons (Fsp3) is 0.270. The van der Waals surface area contributed by atoms with Crippen LogP contribution in [0.2, 0.25) is 0 Å². The number of carbonyl (C=O) groups excluding carboxylic acids is 3. The molecule has 0 aliphatic carbocycles. The predicted molar refractivity (Wildman–Crippen MR) is 175 cm³/mol. The molecular weight excluding hydrogens is 566 g/mol. The quantitative estimate of drug-likeness (QED) is 0.156. The molecule has 0 aliphatic rings. The van der Waals surface area contributed by atoms with E-state index in [4.69, 9.17) is 4.74 Å². The highest BCUT2D eigenvalue weighted by Gasteiger charge is 2.39. The van der Waals surface area contributed by atoms with Crippen molar-refractivity contribution in [1.82, 2.24) is 16.0 Å². The van der Waals surface area contributed by atoms with Gasteiger partial charge in [-0.25, -0.2) is 4.79 Å². The first-order valence-electron chi connectivity index (χ1n) is 15.0. The third kappa shape index (κ3) is 8.72. The van der Waals surface area contributed by atoms with Crippen molar-refractivity contribution in [2.24, 2.45) is 0 Å². The minimum absolute atomic E-state index is 0.0903. The summed E-state index contributed by atoms with van der Waals surface area (Å²) >= 11 is 0. The Morgan fingerprint density at radius 2 is 1.20 bits per heavy atom. The van der Waals surface area contributed by atoms with Gasteiger partial charge in [0.15, 0.2) is 0 Å². The molecule has 0 spiro atoms. The van der Waals surface area contributed by atoms with Crippen LogP contribution in [0.1, 0.15) is 62.3 Å². The monoisotopic (exact) mass is 607 g/mol. The molecule has 4 aromatic rings. The van der Waals surface area contributed by atoms with Crippen molar-refractivity contribution in [1.29, 1.82) is 0 Å². The molecule has 4 aromatic carbocycles. The Balaban J connectivity index is 1.63. The fourth-order valence-electron chi connectivity index (χ4n) is 5.18. The number of phenols is 1. The van der Waals surface area contributed by atoms with Crippen LogP contribution < -0.4 is 16.0 Å². The second-order valence-corrected chi connectivity index (χ2v) is 12.0. The Labute approximate surface area is 264 Å². The van der Waals surface area contributed by atoms with Crippen LogP contribution in [0.4, 0.5) is 4.79 Å². The second kappa shape index (κ2) is 14.6. The molecule has 0 aliphatic heterocycles. The highest BCUT2D eigenvalue weighted by molar-refractivity contribution is 5.91. The van der Waals surface area contributed by atoms with Gasteiger partial charge in [-0.1, -0.05) is 110 Å². The Morgan fingerprint density at radius 3 is 1.64 bits per heavy atom. The Kier molecular flexibility index (Phi) is 10.6. The lowest BCUT2D eigenvalue weighted by atomic mass is 9.77. The third-order valence-corrected chi connectivity index (χ3v) is 7.39. The van der Waals surface area contributed by atoms with E-state index < -0.39 is 35.1 Å². The number of rotatable bonds is 11. The Hall–Kier alpha value is -5.11. The van der Waals surface area contributed by atoms with E-state index in [-0.39, 0.29) is 24.6 Å². The van der Waals surface area contributed by atoms with Crippen molar-refractivity contribution < 1.29 is 24.2 Å². The first-order valence-corrected chi connectivity index (χ1v) is 15.0. The van der Waals surface area contributed by atoms with E-state index in [0.717, 1.165) is 22.3 Å². The normalized spacial score (nSPS) is 12.8. The number of amides is 3. The van der Waals surface area contributed by atoms with E-state index in [1.165, 1.54) is 0 Å². The first kappa shape index (κ1) is 32.8. The number of phenolic OH excluding ortho intramolecular Hbond substituents is 1. The third-order valence-electron chi connectivity index (χ3n) is 7.39. The van der Waals surface area contributed by atoms with Gasteiger partial charge in [0.25, 0.3) is 0 Å². The molecule has 0 aromatic heterocycles. The fourth-order valence-corrected chi connectivity index (χ4v) is 5.18. The summed E-state index contributed by atoms with van der Waals surface area (Å²) in [7, 11) is 0. The summed E-state index contributed by atoms with van der Waals surface area (Å²) in [6, 6.07) is 34.5. The van der Waals surface area contributed by atoms with E-state index in [2.05, 4.69) is 16.0 Å². The van der Waals surface area contributed by atoms with E-state index in [9.17, 15) is 19.5 Å². The van der Waals surface area contributed by atoms with Crippen LogP contribution in [0.15, 0.2) is 115 Å². The van der Waals surface area contributed by atoms with Crippen molar-refractivity contribution in [3.63, 3.8) is 0 Å². The molecule has 4 rings (SSSR count). The van der Waals surface area contributed by atoms with E-state index in [1.807, 2.05) is 97.9 Å². The standard InChI is InChI=1S/C37H41N3O5/c1-26(27-20-22-31(41)23-21-27)25-38-34(43)32(39-35(44)45-36(2,3)4)24-33(42)40-37(28-14-8-5-9-15-28,29-16-10-6-11-17-29)30-18-12-7-13-19-30/h5-23,26,32,41H,24-25H2,1-4H3,(H,38,43)(H,39,44)(H,40,42)/t26?,32-/m1/s1. The lowest BCUT2D eigenvalue weighted by Crippen LogP contribution is -2.53. The second-order valence-electron chi connectivity index (χ2n) is 12.0. The molecule has 0 fully saturated rings. The molecule has 1 unspecified atom stereocenters. The van der Waals surface area contributed by atoms with Gasteiger partial charge in [0.05, 0.1) is 6.42 Å². The van der Waals surface area contributed by atoms with Gasteiger partial charge in [-0.2, -0.15) is 0 Å². The molecule has 3 amide bonds. The molecule has 0 heterocycles. The number of carbonyl (C=O) groups is 3. The maximum absolute atomic E-state index is 14.0. The van der Waals surface area contributed by atoms with E-state index >= 15 is 0 Å². The first-order chi connectivity index (χ1) is 21.5. The number of ether oxygens (including phenoxy) is 1. The number of nitrogens with one attached hydrogen (secondary N) is 3. The summed E-state index contributed by atoms with van der Waals surface area (Å²) < 4.78 is 5.43. The van der Waals surface area contributed by atoms with Gasteiger partial charge in [-0.05, 0) is 61.1 Å². The van der Waals surface area contributed by atoms with Crippen LogP contribution in [0.3, 0.4) is 0 Å². The van der Waals surface area contributed by atoms with Crippen molar-refractivity contribution in [3.8, 4) is 5.75 Å². The lowest BCUT2D eigenvalue weighted by Gasteiger charge is -2.37. The van der Waals surface area contributed by atoms with Gasteiger partial charge in [0, 0.05) is 6.54 Å². The van der Waals surface area contributed by atoms with Gasteiger partial charge in [-0.3, -0.25) is 9.59 Å². The molecule has 45 heavy (non-hydrogen) atoms. The largest absolute Gasteiger partial charge is 0.508 e. The van der Waals surface area contributed by atoms with Gasteiger partial charge in [0.2, 0.25) is 11.8 Å². The topological polar surface area (TPSA) is 117 Å². The maximum atomic E-state index is 14.0. The molecule has 8 heteroatoms. The average molecular weight is 608 g/mol. The molecule has 4 N–H and O–H groups in total. The average Bonchev–Trinajstić information content (AvgIpc) is 3.02. The summed E-state index contributed by atoms with van der Waals surface area (Å²) in [5.41, 5.74) is 1.53. The van der Waals surface area contributed by atoms with E-state index in [0.29, 0.717) is 0 Å². The lowest BCUT2D eigenvalue weighted by molar-refractivity contribution is -0.129. The zero-order valence-corrected chi connectivity index (χ0v) is 26.1. The van der Waals surface area contributed by atoms with Crippen LogP contribution in [0.25, 0.3) is 0 Å². The van der Waals surface area contributed by atoms with Crippen LogP contribution in [-0.2, 0) is 19.9 Å². The van der Waals surface area contributed by atoms with Gasteiger partial charge in [-0.15, -0.1) is 0 Å². The van der Waals surface area contributed by atoms with Crippen molar-refractivity contribution in [3.05, 3.63) is 138 Å². The molecule has 0 saturated carbocycles. The number of benzene rings is 4. The summed E-state index contributed by atoms with van der Waals surface area (Å²) in [4.78, 5) is 40.4. The predicted octanol–water partition coefficient (Wildman–Crippen LogP) is 6.00. The molecule has 0 saturated heterocycles. The zero-order chi connectivity index (χ0) is 32.5. The summed E-state index contributed by atoms with van der Waals surface area (Å²) in [5, 5.41) is 18.4. The van der Waals surface area contributed by atoms with Crippen LogP contribution in [-0.4, -0.2) is 41.2 Å². The highest BCUT2D eigenvalue weighted by Crippen LogP contribution is 2.37. The Bertz CT molecular complexity index is 1460. The SMILES string of the molecule is CC(CNC(=O)[C@@H](CC(=O)NC(c1ccccc1)(c1ccccc1)c1ccccc1)NC(=O)OC(C)(C)C)c1ccc(O)cc1. The maximum Gasteiger partial charge on any atom is 0.408 e. The summed E-state index contributed by atoms with van der Waals surface area (Å²) in [6.07, 6.45) is -1.14. The van der Waals surface area contributed by atoms with Gasteiger partial charge in [0.1, 0.15) is 22.9 Å². The van der Waals surface area contributed by atoms with Crippen LogP contribution >= 0.6 is 0 Å². The number of hydrogen-bond donors (Lipinski definition) is 4. The van der Waals surface area contributed by atoms with Crippen molar-refractivity contribution in [2.75, 3.05) is 6.54 Å². The molecule has 234 valence electrons. The molecule has 0 radical (unpaired) electrons. The van der Waals surface area contributed by atoms with Crippen LogP contribution in [0, 0.1) is 0 Å². The number of aromatic hydroxyl groups is 1. The number of hydrogen-bond acceptors (Lipinski definition) is 5. The molecular formula is C37H41N3O5. The molecule has 0 bridgehead atoms. The summed E-state index contributed by atoms with van der Waals surface area (Å²) in [6.45, 7) is 7.36. The highest BCUT2D eigenvalue weighted by atomic mass is 16.6. The van der Waals surface area contributed by atoms with Gasteiger partial charge >= 0.3 is 6.09 Å². The minimum atomic E-state index is -1.22. The number of alkyl carbamates (subject to hydrolysis) is 1. The zero-order valence-electron chi connectivity index (χ0n) is 26.1. The van der Waals surface area contributed by atoms with Crippen molar-refractivity contribution >= 4 is 17.9 Å². The minimum Gasteiger partial charge on any atom is -0.508 e. The molecule has 2 atom stereocenters. The molecule has 8 nitrogen and oxygen atoms in total. The van der Waals surface area contributed by atoms with E-state index in [1.54, 1.807) is 45.0 Å². The van der Waals surface area contributed by atoms with Crippen molar-refractivity contribution in [2.45, 2.75) is 57.2 Å².